The lowest BCUT2D eigenvalue weighted by atomic mass is 9.80. The molecule has 0 spiro atoms. The number of nitrogens with zero attached hydrogens (tertiary/aromatic N) is 4. The molecule has 2 saturated heterocycles. The van der Waals surface area contributed by atoms with Crippen molar-refractivity contribution in [2.45, 2.75) is 38.6 Å². The summed E-state index contributed by atoms with van der Waals surface area (Å²) in [6.07, 6.45) is 6.64. The van der Waals surface area contributed by atoms with Gasteiger partial charge >= 0.3 is 0 Å². The Morgan fingerprint density at radius 1 is 1.21 bits per heavy atom. The summed E-state index contributed by atoms with van der Waals surface area (Å²) < 4.78 is 0. The smallest absolute Gasteiger partial charge is 0.228 e. The van der Waals surface area contributed by atoms with Crippen LogP contribution in [0, 0.1) is 11.8 Å². The summed E-state index contributed by atoms with van der Waals surface area (Å²) in [6.45, 7) is 6.23. The zero-order valence-electron chi connectivity index (χ0n) is 19.3. The Kier molecular flexibility index (Phi) is 7.94. The summed E-state index contributed by atoms with van der Waals surface area (Å²) >= 11 is 12.5. The van der Waals surface area contributed by atoms with E-state index < -0.39 is 0 Å². The maximum absolute atomic E-state index is 6.42. The van der Waals surface area contributed by atoms with Crippen LogP contribution in [-0.4, -0.2) is 49.4 Å². The number of hydrogen-bond acceptors (Lipinski definition) is 7. The molecule has 0 saturated carbocycles. The topological polar surface area (TPSA) is 91.5 Å². The lowest BCUT2D eigenvalue weighted by Gasteiger charge is -2.38. The molecule has 9 heteroatoms. The number of anilines is 3. The van der Waals surface area contributed by atoms with Crippen molar-refractivity contribution < 1.29 is 0 Å². The molecule has 0 aliphatic carbocycles. The van der Waals surface area contributed by atoms with Crippen molar-refractivity contribution in [1.29, 1.82) is 0 Å². The molecule has 178 valence electrons. The van der Waals surface area contributed by atoms with Crippen LogP contribution in [0.4, 0.5) is 17.5 Å². The Morgan fingerprint density at radius 2 is 2.00 bits per heavy atom. The fourth-order valence-corrected chi connectivity index (χ4v) is 5.51. The molecule has 33 heavy (non-hydrogen) atoms. The van der Waals surface area contributed by atoms with Gasteiger partial charge in [0.25, 0.3) is 0 Å². The van der Waals surface area contributed by atoms with Gasteiger partial charge in [0.05, 0.1) is 6.04 Å². The predicted octanol–water partition coefficient (Wildman–Crippen LogP) is 4.80. The van der Waals surface area contributed by atoms with Crippen LogP contribution in [-0.2, 0) is 0 Å². The van der Waals surface area contributed by atoms with Crippen LogP contribution in [0.15, 0.2) is 23.2 Å². The molecule has 3 heterocycles. The highest BCUT2D eigenvalue weighted by Crippen LogP contribution is 2.33. The van der Waals surface area contributed by atoms with Gasteiger partial charge in [0.1, 0.15) is 11.4 Å². The summed E-state index contributed by atoms with van der Waals surface area (Å²) in [6, 6.07) is 5.37. The molecule has 2 fully saturated rings. The van der Waals surface area contributed by atoms with Crippen LogP contribution >= 0.6 is 23.2 Å². The molecular weight excluding hydrogens is 457 g/mol. The van der Waals surface area contributed by atoms with E-state index in [0.29, 0.717) is 33.2 Å². The first-order valence-electron chi connectivity index (χ1n) is 11.7. The van der Waals surface area contributed by atoms with Gasteiger partial charge in [0.2, 0.25) is 5.95 Å². The highest BCUT2D eigenvalue weighted by atomic mass is 35.5. The molecule has 7 nitrogen and oxygen atoms in total. The number of aliphatic imine (C=N–C) groups is 1. The van der Waals surface area contributed by atoms with Gasteiger partial charge < -0.3 is 21.3 Å². The third kappa shape index (κ3) is 5.70. The van der Waals surface area contributed by atoms with Crippen LogP contribution in [0.1, 0.15) is 49.9 Å². The van der Waals surface area contributed by atoms with Crippen molar-refractivity contribution in [2.24, 2.45) is 16.8 Å². The summed E-state index contributed by atoms with van der Waals surface area (Å²) in [7, 11) is 1.72. The van der Waals surface area contributed by atoms with Gasteiger partial charge in [-0.15, -0.1) is 0 Å². The maximum atomic E-state index is 6.42. The molecule has 2 aliphatic rings. The van der Waals surface area contributed by atoms with E-state index in [1.54, 1.807) is 19.3 Å². The van der Waals surface area contributed by atoms with Crippen LogP contribution < -0.4 is 21.3 Å². The van der Waals surface area contributed by atoms with E-state index in [4.69, 9.17) is 38.9 Å². The third-order valence-electron chi connectivity index (χ3n) is 6.82. The quantitative estimate of drug-likeness (QED) is 0.504. The maximum Gasteiger partial charge on any atom is 0.228 e. The van der Waals surface area contributed by atoms with Crippen molar-refractivity contribution in [3.63, 3.8) is 0 Å². The van der Waals surface area contributed by atoms with E-state index >= 15 is 0 Å². The molecule has 0 radical (unpaired) electrons. The largest absolute Gasteiger partial charge is 0.394 e. The highest BCUT2D eigenvalue weighted by Gasteiger charge is 2.29. The average molecular weight is 490 g/mol. The van der Waals surface area contributed by atoms with Crippen molar-refractivity contribution in [2.75, 3.05) is 49.2 Å². The molecule has 4 rings (SSSR count). The van der Waals surface area contributed by atoms with E-state index in [-0.39, 0.29) is 6.04 Å². The first kappa shape index (κ1) is 24.0. The molecule has 0 amide bonds. The number of benzene rings is 1. The van der Waals surface area contributed by atoms with E-state index in [2.05, 4.69) is 20.5 Å². The zero-order chi connectivity index (χ0) is 23.4. The standard InChI is InChI=1S/C24H33Cl2N7/c1-15(19-6-5-18(25)12-20(19)26)30-23-22(27)21(14-28-2)31-24(32-23)33-10-7-16(8-11-33)17-4-3-9-29-13-17/h5-6,12,14-17,29H,3-4,7-11,13,27H2,1-2H3,(H,30,31,32). The minimum absolute atomic E-state index is 0.115. The van der Waals surface area contributed by atoms with Gasteiger partial charge in [-0.25, -0.2) is 4.98 Å². The molecule has 4 N–H and O–H groups in total. The van der Waals surface area contributed by atoms with Crippen LogP contribution in [0.5, 0.6) is 0 Å². The van der Waals surface area contributed by atoms with Crippen molar-refractivity contribution in [3.8, 4) is 0 Å². The average Bonchev–Trinajstić information content (AvgIpc) is 2.82. The number of aromatic nitrogens is 2. The number of nitrogens with two attached hydrogens (primary N) is 1. The molecule has 2 atom stereocenters. The van der Waals surface area contributed by atoms with Gasteiger partial charge in [-0.05, 0) is 75.2 Å². The van der Waals surface area contributed by atoms with Gasteiger partial charge in [0.15, 0.2) is 5.82 Å². The summed E-state index contributed by atoms with van der Waals surface area (Å²) in [5.41, 5.74) is 8.44. The fourth-order valence-electron chi connectivity index (χ4n) is 4.93. The lowest BCUT2D eigenvalue weighted by Crippen LogP contribution is -2.41. The number of hydrogen-bond donors (Lipinski definition) is 3. The van der Waals surface area contributed by atoms with Gasteiger partial charge in [-0.1, -0.05) is 29.3 Å². The molecule has 2 aliphatic heterocycles. The molecule has 0 bridgehead atoms. The highest BCUT2D eigenvalue weighted by molar-refractivity contribution is 6.35. The van der Waals surface area contributed by atoms with Crippen molar-refractivity contribution in [3.05, 3.63) is 39.5 Å². The number of halogens is 2. The number of nitrogens with one attached hydrogen (secondary N) is 2. The van der Waals surface area contributed by atoms with Crippen LogP contribution in [0.3, 0.4) is 0 Å². The Balaban J connectivity index is 1.53. The van der Waals surface area contributed by atoms with Crippen LogP contribution in [0.2, 0.25) is 10.0 Å². The van der Waals surface area contributed by atoms with Gasteiger partial charge in [-0.2, -0.15) is 4.98 Å². The molecule has 2 unspecified atom stereocenters. The van der Waals surface area contributed by atoms with Gasteiger partial charge in [-0.3, -0.25) is 4.99 Å². The van der Waals surface area contributed by atoms with E-state index in [1.807, 2.05) is 19.1 Å². The summed E-state index contributed by atoms with van der Waals surface area (Å²) in [5.74, 6) is 2.84. The monoisotopic (exact) mass is 489 g/mol. The predicted molar refractivity (Wildman–Crippen MR) is 139 cm³/mol. The number of piperidine rings is 2. The minimum atomic E-state index is -0.115. The lowest BCUT2D eigenvalue weighted by molar-refractivity contribution is 0.226. The zero-order valence-corrected chi connectivity index (χ0v) is 20.8. The molecular formula is C24H33Cl2N7. The van der Waals surface area contributed by atoms with E-state index in [1.165, 1.54) is 12.8 Å². The Labute approximate surface area is 206 Å². The van der Waals surface area contributed by atoms with Gasteiger partial charge in [0, 0.05) is 36.4 Å². The normalized spacial score (nSPS) is 20.8. The van der Waals surface area contributed by atoms with E-state index in [0.717, 1.165) is 56.4 Å². The van der Waals surface area contributed by atoms with E-state index in [9.17, 15) is 0 Å². The second-order valence-corrected chi connectivity index (χ2v) is 9.86. The fraction of sp³-hybridized carbons (Fsp3) is 0.542. The van der Waals surface area contributed by atoms with Crippen molar-refractivity contribution >= 4 is 46.9 Å². The Morgan fingerprint density at radius 3 is 2.67 bits per heavy atom. The Bertz CT molecular complexity index is 983. The summed E-state index contributed by atoms with van der Waals surface area (Å²) in [4.78, 5) is 16.0. The Hall–Kier alpha value is -2.09. The SMILES string of the molecule is CN=Cc1nc(N2CCC(C3CCCNC3)CC2)nc(NC(C)c2ccc(Cl)cc2Cl)c1N. The summed E-state index contributed by atoms with van der Waals surface area (Å²) in [5, 5.41) is 8.19. The minimum Gasteiger partial charge on any atom is -0.394 e. The van der Waals surface area contributed by atoms with Crippen molar-refractivity contribution in [1.82, 2.24) is 15.3 Å². The number of rotatable bonds is 6. The molecule has 1 aromatic heterocycles. The molecule has 1 aromatic carbocycles. The second-order valence-electron chi connectivity index (χ2n) is 9.02. The molecule has 2 aromatic rings. The second kappa shape index (κ2) is 10.9. The third-order valence-corrected chi connectivity index (χ3v) is 7.38. The number of nitrogen functional groups attached to an aromatic ring is 1. The first-order valence-corrected chi connectivity index (χ1v) is 12.5. The van der Waals surface area contributed by atoms with Crippen LogP contribution in [0.25, 0.3) is 0 Å². The first-order chi connectivity index (χ1) is 16.0.